The molecule has 0 amide bonds. The Morgan fingerprint density at radius 1 is 0.375 bits per heavy atom. The van der Waals surface area contributed by atoms with Crippen LogP contribution in [-0.4, -0.2) is 34.7 Å². The molecule has 0 aromatic heterocycles. The van der Waals surface area contributed by atoms with Crippen molar-refractivity contribution in [1.29, 1.82) is 0 Å². The topological polar surface area (TPSA) is 0 Å². The first-order chi connectivity index (χ1) is 0. The Bertz CT molecular complexity index is 12.5. The van der Waals surface area contributed by atoms with Crippen molar-refractivity contribution in [2.75, 3.05) is 0 Å². The van der Waals surface area contributed by atoms with Crippen LogP contribution < -0.4 is 88.2 Å². The van der Waals surface area contributed by atoms with E-state index in [2.05, 4.69) is 0 Å². The maximum Gasteiger partial charge on any atom is 3.00 e. The molecule has 0 aliphatic heterocycles. The monoisotopic (exact) mass is 396 g/mol. The van der Waals surface area contributed by atoms with Gasteiger partial charge in [0.1, 0.15) is 0 Å². The van der Waals surface area contributed by atoms with Gasteiger partial charge < -0.3 is 88.2 Å². The van der Waals surface area contributed by atoms with Crippen LogP contribution in [0.1, 0.15) is 0 Å². The quantitative estimate of drug-likeness (QED) is 0.355. The van der Waals surface area contributed by atoms with Crippen molar-refractivity contribution in [2.45, 2.75) is 0 Å². The van der Waals surface area contributed by atoms with E-state index in [-0.39, 0.29) is 123 Å². The van der Waals surface area contributed by atoms with Crippen LogP contribution >= 0.6 is 0 Å². The van der Waals surface area contributed by atoms with E-state index < -0.39 is 0 Å². The Hall–Kier alpha value is 3.37. The van der Waals surface area contributed by atoms with Crippen molar-refractivity contribution in [2.24, 2.45) is 0 Å². The Morgan fingerprint density at radius 2 is 0.375 bits per heavy atom. The van der Waals surface area contributed by atoms with Crippen molar-refractivity contribution in [3.05, 3.63) is 0 Å². The third kappa shape index (κ3) is 57.7. The standard InChI is InChI=1S/2Al.3BrH.3ClH/h;;6*1H/q2*+3;;;;;;/p-6. The van der Waals surface area contributed by atoms with E-state index in [1.54, 1.807) is 0 Å². The summed E-state index contributed by atoms with van der Waals surface area (Å²) in [5.41, 5.74) is 0. The first-order valence-electron chi connectivity index (χ1n) is 0. The second-order valence-corrected chi connectivity index (χ2v) is 0. The molecule has 0 aromatic carbocycles. The smallest absolute Gasteiger partial charge is 1.00 e. The van der Waals surface area contributed by atoms with E-state index in [4.69, 9.17) is 0 Å². The van der Waals surface area contributed by atoms with E-state index in [0.717, 1.165) is 0 Å². The summed E-state index contributed by atoms with van der Waals surface area (Å²) in [6, 6.07) is 0. The van der Waals surface area contributed by atoms with Gasteiger partial charge in [0.15, 0.2) is 0 Å². The van der Waals surface area contributed by atoms with Gasteiger partial charge in [-0.25, -0.2) is 0 Å². The minimum Gasteiger partial charge on any atom is -1.00 e. The molecule has 0 heterocycles. The van der Waals surface area contributed by atoms with Crippen molar-refractivity contribution >= 4 is 34.7 Å². The number of hydrogen-bond acceptors (Lipinski definition) is 0. The summed E-state index contributed by atoms with van der Waals surface area (Å²) in [5, 5.41) is 0. The molecule has 0 saturated carbocycles. The van der Waals surface area contributed by atoms with E-state index in [1.807, 2.05) is 0 Å². The van der Waals surface area contributed by atoms with Gasteiger partial charge in [-0.1, -0.05) is 0 Å². The Balaban J connectivity index is 0. The van der Waals surface area contributed by atoms with Crippen LogP contribution in [0.4, 0.5) is 0 Å². The molecule has 0 nitrogen and oxygen atoms in total. The Labute approximate surface area is 121 Å². The Kier molecular flexibility index (Phi) is 1080. The fourth-order valence-corrected chi connectivity index (χ4v) is 0. The maximum absolute atomic E-state index is 0. The van der Waals surface area contributed by atoms with E-state index >= 15 is 0 Å². The molecule has 0 rings (SSSR count). The molecule has 0 atom stereocenters. The van der Waals surface area contributed by atoms with Crippen molar-refractivity contribution in [3.8, 4) is 0 Å². The van der Waals surface area contributed by atoms with Gasteiger partial charge in [-0.15, -0.1) is 0 Å². The van der Waals surface area contributed by atoms with Gasteiger partial charge in [0.05, 0.1) is 0 Å². The molecule has 0 fully saturated rings. The summed E-state index contributed by atoms with van der Waals surface area (Å²) in [4.78, 5) is 0. The SMILES string of the molecule is [Al+3].[Al+3].[Br-].[Br-].[Br-].[Cl-].[Cl-].[Cl-]. The number of halogens is 6. The van der Waals surface area contributed by atoms with Gasteiger partial charge in [0, 0.05) is 0 Å². The molecule has 0 unspecified atom stereocenters. The summed E-state index contributed by atoms with van der Waals surface area (Å²) < 4.78 is 0. The van der Waals surface area contributed by atoms with Gasteiger partial charge in [-0.05, 0) is 0 Å². The molecular weight excluding hydrogens is 400 g/mol. The molecule has 8 heavy (non-hydrogen) atoms. The average molecular weight is 400 g/mol. The third-order valence-corrected chi connectivity index (χ3v) is 0. The van der Waals surface area contributed by atoms with Crippen molar-refractivity contribution < 1.29 is 88.2 Å². The summed E-state index contributed by atoms with van der Waals surface area (Å²) in [6.07, 6.45) is 0. The predicted molar refractivity (Wildman–Crippen MR) is 11.5 cm³/mol. The summed E-state index contributed by atoms with van der Waals surface area (Å²) in [6.45, 7) is 0. The normalized spacial score (nSPS) is 0. The molecule has 0 aromatic rings. The van der Waals surface area contributed by atoms with Gasteiger partial charge in [0.2, 0.25) is 0 Å². The van der Waals surface area contributed by atoms with Crippen LogP contribution in [0.2, 0.25) is 0 Å². The molecule has 0 aliphatic carbocycles. The zero-order valence-electron chi connectivity index (χ0n) is 3.42. The second-order valence-electron chi connectivity index (χ2n) is 0. The molecule has 0 aliphatic rings. The number of hydrogen-bond donors (Lipinski definition) is 0. The predicted octanol–water partition coefficient (Wildman–Crippen LogP) is -18.7. The minimum absolute atomic E-state index is 0. The molecule has 0 saturated heterocycles. The van der Waals surface area contributed by atoms with Crippen LogP contribution in [-0.2, 0) is 0 Å². The van der Waals surface area contributed by atoms with Crippen LogP contribution in [0.25, 0.3) is 0 Å². The minimum atomic E-state index is 0. The van der Waals surface area contributed by atoms with E-state index in [1.165, 1.54) is 0 Å². The number of rotatable bonds is 0. The summed E-state index contributed by atoms with van der Waals surface area (Å²) >= 11 is 0. The maximum atomic E-state index is 0. The van der Waals surface area contributed by atoms with Gasteiger partial charge in [-0.2, -0.15) is 0 Å². The molecule has 8 heteroatoms. The van der Waals surface area contributed by atoms with Crippen molar-refractivity contribution in [1.82, 2.24) is 0 Å². The van der Waals surface area contributed by atoms with Gasteiger partial charge in [-0.3, -0.25) is 0 Å². The fourth-order valence-electron chi connectivity index (χ4n) is 0. The molecule has 0 radical (unpaired) electrons. The van der Waals surface area contributed by atoms with Gasteiger partial charge in [0.25, 0.3) is 0 Å². The van der Waals surface area contributed by atoms with Crippen LogP contribution in [0.3, 0.4) is 0 Å². The molecular formula is Al2Br3Cl3. The molecule has 0 bridgehead atoms. The zero-order valence-corrected chi connectivity index (χ0v) is 12.8. The average Bonchev–Trinajstić information content (AvgIpc) is 0. The summed E-state index contributed by atoms with van der Waals surface area (Å²) in [5.74, 6) is 0. The van der Waals surface area contributed by atoms with E-state index in [0.29, 0.717) is 0 Å². The van der Waals surface area contributed by atoms with Crippen LogP contribution in [0.5, 0.6) is 0 Å². The van der Waals surface area contributed by atoms with Gasteiger partial charge >= 0.3 is 34.7 Å². The molecule has 0 spiro atoms. The first kappa shape index (κ1) is 107. The Morgan fingerprint density at radius 3 is 0.375 bits per heavy atom. The van der Waals surface area contributed by atoms with E-state index in [9.17, 15) is 0 Å². The summed E-state index contributed by atoms with van der Waals surface area (Å²) in [7, 11) is 0. The van der Waals surface area contributed by atoms with Crippen molar-refractivity contribution in [3.63, 3.8) is 0 Å². The fraction of sp³-hybridized carbons (Fsp3) is 0. The molecule has 48 valence electrons. The first-order valence-corrected chi connectivity index (χ1v) is 0. The molecule has 0 N–H and O–H groups in total. The van der Waals surface area contributed by atoms with Crippen LogP contribution in [0, 0.1) is 0 Å². The van der Waals surface area contributed by atoms with Crippen LogP contribution in [0.15, 0.2) is 0 Å². The second kappa shape index (κ2) is 80.1. The largest absolute Gasteiger partial charge is 3.00 e. The zero-order chi connectivity index (χ0) is 0. The third-order valence-electron chi connectivity index (χ3n) is 0.